The number of hydrogen-bond acceptors (Lipinski definition) is 4. The van der Waals surface area contributed by atoms with Crippen LogP contribution in [0.25, 0.3) is 0 Å². The fraction of sp³-hybridized carbons (Fsp3) is 0.625. The van der Waals surface area contributed by atoms with Gasteiger partial charge in [-0.05, 0) is 100 Å². The Bertz CT molecular complexity index is 846. The molecule has 2 fully saturated rings. The lowest BCUT2D eigenvalue weighted by Crippen LogP contribution is -2.36. The van der Waals surface area contributed by atoms with Gasteiger partial charge in [0.15, 0.2) is 0 Å². The van der Waals surface area contributed by atoms with Gasteiger partial charge < -0.3 is 20.0 Å². The van der Waals surface area contributed by atoms with Crippen molar-refractivity contribution in [2.75, 3.05) is 39.3 Å². The molecule has 0 spiro atoms. The fourth-order valence-electron chi connectivity index (χ4n) is 6.29. The van der Waals surface area contributed by atoms with Crippen LogP contribution in [0.15, 0.2) is 48.5 Å². The number of benzene rings is 2. The van der Waals surface area contributed by atoms with Crippen LogP contribution in [0.2, 0.25) is 0 Å². The molecule has 2 aromatic rings. The van der Waals surface area contributed by atoms with Crippen molar-refractivity contribution in [1.82, 2.24) is 9.80 Å². The Morgan fingerprint density at radius 3 is 1.16 bits per heavy atom. The second-order valence-electron chi connectivity index (χ2n) is 11.5. The number of nitrogens with zero attached hydrogens (tertiary/aromatic N) is 2. The van der Waals surface area contributed by atoms with Crippen LogP contribution in [0.5, 0.6) is 0 Å². The largest absolute Gasteiger partial charge is 0.388 e. The maximum absolute atomic E-state index is 13.6. The highest BCUT2D eigenvalue weighted by molar-refractivity contribution is 5.20. The molecule has 0 unspecified atom stereocenters. The summed E-state index contributed by atoms with van der Waals surface area (Å²) < 4.78 is 27.2. The van der Waals surface area contributed by atoms with E-state index in [1.807, 2.05) is 0 Å². The maximum atomic E-state index is 13.6. The van der Waals surface area contributed by atoms with Crippen molar-refractivity contribution in [3.05, 3.63) is 71.3 Å². The first-order chi connectivity index (χ1) is 18.5. The Balaban J connectivity index is 1.51. The molecule has 4 nitrogen and oxygen atoms in total. The Morgan fingerprint density at radius 2 is 0.842 bits per heavy atom. The first-order valence-electron chi connectivity index (χ1n) is 14.8. The van der Waals surface area contributed by atoms with E-state index in [1.165, 1.54) is 75.6 Å². The van der Waals surface area contributed by atoms with E-state index in [9.17, 15) is 19.0 Å². The summed E-state index contributed by atoms with van der Waals surface area (Å²) in [4.78, 5) is 4.95. The molecule has 2 heterocycles. The van der Waals surface area contributed by atoms with Gasteiger partial charge in [0.1, 0.15) is 11.6 Å². The SMILES string of the molecule is O[C@H](c1ccc(F)cc1)[C@@H](CC[C@H](CN1CCCCCC1)[C@@H](O)c1ccc(F)cc1)CN1CCCCCC1. The highest BCUT2D eigenvalue weighted by atomic mass is 19.1. The van der Waals surface area contributed by atoms with Crippen molar-refractivity contribution in [1.29, 1.82) is 0 Å². The lowest BCUT2D eigenvalue weighted by molar-refractivity contribution is 0.0449. The van der Waals surface area contributed by atoms with Gasteiger partial charge in [-0.25, -0.2) is 8.78 Å². The highest BCUT2D eigenvalue weighted by Gasteiger charge is 2.29. The van der Waals surface area contributed by atoms with E-state index in [0.29, 0.717) is 0 Å². The third-order valence-electron chi connectivity index (χ3n) is 8.61. The Kier molecular flexibility index (Phi) is 11.5. The normalized spacial score (nSPS) is 21.3. The summed E-state index contributed by atoms with van der Waals surface area (Å²) in [6, 6.07) is 12.4. The highest BCUT2D eigenvalue weighted by Crippen LogP contribution is 2.34. The topological polar surface area (TPSA) is 46.9 Å². The minimum Gasteiger partial charge on any atom is -0.388 e. The molecule has 2 N–H and O–H groups in total. The van der Waals surface area contributed by atoms with Crippen LogP contribution in [-0.2, 0) is 0 Å². The smallest absolute Gasteiger partial charge is 0.123 e. The van der Waals surface area contributed by atoms with E-state index in [4.69, 9.17) is 0 Å². The van der Waals surface area contributed by atoms with Gasteiger partial charge in [0.2, 0.25) is 0 Å². The van der Waals surface area contributed by atoms with Crippen LogP contribution in [0, 0.1) is 23.5 Å². The average molecular weight is 529 g/mol. The van der Waals surface area contributed by atoms with E-state index in [-0.39, 0.29) is 23.5 Å². The van der Waals surface area contributed by atoms with Crippen molar-refractivity contribution < 1.29 is 19.0 Å². The molecule has 2 aliphatic heterocycles. The van der Waals surface area contributed by atoms with Crippen molar-refractivity contribution in [3.63, 3.8) is 0 Å². The molecule has 0 saturated carbocycles. The summed E-state index contributed by atoms with van der Waals surface area (Å²) in [5, 5.41) is 22.9. The second-order valence-corrected chi connectivity index (χ2v) is 11.5. The number of aliphatic hydroxyl groups is 2. The van der Waals surface area contributed by atoms with Crippen molar-refractivity contribution >= 4 is 0 Å². The van der Waals surface area contributed by atoms with Crippen LogP contribution in [-0.4, -0.2) is 59.3 Å². The van der Waals surface area contributed by atoms with Crippen molar-refractivity contribution in [2.24, 2.45) is 11.8 Å². The quantitative estimate of drug-likeness (QED) is 0.350. The molecular weight excluding hydrogens is 482 g/mol. The molecule has 4 atom stereocenters. The van der Waals surface area contributed by atoms with Crippen LogP contribution in [0.3, 0.4) is 0 Å². The molecule has 4 rings (SSSR count). The predicted molar refractivity (Wildman–Crippen MR) is 149 cm³/mol. The molecule has 0 radical (unpaired) electrons. The lowest BCUT2D eigenvalue weighted by Gasteiger charge is -2.33. The predicted octanol–water partition coefficient (Wildman–Crippen LogP) is 6.50. The van der Waals surface area contributed by atoms with Crippen molar-refractivity contribution in [2.45, 2.75) is 76.4 Å². The van der Waals surface area contributed by atoms with Crippen LogP contribution >= 0.6 is 0 Å². The third-order valence-corrected chi connectivity index (χ3v) is 8.61. The summed E-state index contributed by atoms with van der Waals surface area (Å²) in [6.45, 7) is 5.76. The van der Waals surface area contributed by atoms with Crippen LogP contribution in [0.1, 0.15) is 87.5 Å². The van der Waals surface area contributed by atoms with Gasteiger partial charge in [-0.1, -0.05) is 49.9 Å². The molecule has 2 aromatic carbocycles. The summed E-state index contributed by atoms with van der Waals surface area (Å²) in [7, 11) is 0. The van der Waals surface area contributed by atoms with Gasteiger partial charge in [-0.15, -0.1) is 0 Å². The summed E-state index contributed by atoms with van der Waals surface area (Å²) in [5.41, 5.74) is 1.49. The number of rotatable bonds is 11. The molecule has 6 heteroatoms. The molecule has 2 saturated heterocycles. The summed E-state index contributed by atoms with van der Waals surface area (Å²) in [5.74, 6) is -0.647. The van der Waals surface area contributed by atoms with E-state index in [2.05, 4.69) is 9.80 Å². The van der Waals surface area contributed by atoms with Crippen LogP contribution in [0.4, 0.5) is 8.78 Å². The first-order valence-corrected chi connectivity index (χ1v) is 14.8. The van der Waals surface area contributed by atoms with Gasteiger partial charge in [0, 0.05) is 24.9 Å². The van der Waals surface area contributed by atoms with Gasteiger partial charge in [0.25, 0.3) is 0 Å². The van der Waals surface area contributed by atoms with E-state index >= 15 is 0 Å². The number of hydrogen-bond donors (Lipinski definition) is 2. The number of halogens is 2. The second kappa shape index (κ2) is 15.1. The van der Waals surface area contributed by atoms with Gasteiger partial charge in [-0.2, -0.15) is 0 Å². The zero-order chi connectivity index (χ0) is 26.7. The molecule has 38 heavy (non-hydrogen) atoms. The average Bonchev–Trinajstić information content (AvgIpc) is 3.35. The fourth-order valence-corrected chi connectivity index (χ4v) is 6.29. The minimum atomic E-state index is -0.694. The van der Waals surface area contributed by atoms with Crippen molar-refractivity contribution in [3.8, 4) is 0 Å². The number of likely N-dealkylation sites (tertiary alicyclic amines) is 2. The molecular formula is C32H46F2N2O2. The van der Waals surface area contributed by atoms with E-state index < -0.39 is 12.2 Å². The summed E-state index contributed by atoms with van der Waals surface area (Å²) in [6.07, 6.45) is 9.86. The molecule has 0 amide bonds. The lowest BCUT2D eigenvalue weighted by atomic mass is 9.84. The maximum Gasteiger partial charge on any atom is 0.123 e. The molecule has 210 valence electrons. The zero-order valence-electron chi connectivity index (χ0n) is 22.8. The van der Waals surface area contributed by atoms with Gasteiger partial charge >= 0.3 is 0 Å². The van der Waals surface area contributed by atoms with E-state index in [1.54, 1.807) is 24.3 Å². The monoisotopic (exact) mass is 528 g/mol. The third kappa shape index (κ3) is 8.84. The molecule has 0 aliphatic carbocycles. The molecule has 2 aliphatic rings. The standard InChI is InChI=1S/C32H46F2N2O2/c33-29-15-11-25(12-16-29)31(37)27(23-35-19-5-1-2-6-20-35)9-10-28(24-36-21-7-3-4-8-22-36)32(38)26-13-17-30(34)18-14-26/h11-18,27-28,31-32,37-38H,1-10,19-24H2/t27-,28+,31+,32-. The molecule has 0 aromatic heterocycles. The van der Waals surface area contributed by atoms with E-state index in [0.717, 1.165) is 63.2 Å². The molecule has 0 bridgehead atoms. The number of aliphatic hydroxyl groups excluding tert-OH is 2. The van der Waals surface area contributed by atoms with Gasteiger partial charge in [-0.3, -0.25) is 0 Å². The minimum absolute atomic E-state index is 0.0226. The zero-order valence-corrected chi connectivity index (χ0v) is 22.8. The van der Waals surface area contributed by atoms with Gasteiger partial charge in [0.05, 0.1) is 12.2 Å². The Hall–Kier alpha value is -1.86. The van der Waals surface area contributed by atoms with Crippen LogP contribution < -0.4 is 0 Å². The Morgan fingerprint density at radius 1 is 0.526 bits per heavy atom. The Labute approximate surface area is 227 Å². The first kappa shape index (κ1) is 29.1. The summed E-state index contributed by atoms with van der Waals surface area (Å²) >= 11 is 0.